The number of thioether (sulfide) groups is 1. The van der Waals surface area contributed by atoms with Crippen molar-refractivity contribution in [2.75, 3.05) is 5.32 Å². The summed E-state index contributed by atoms with van der Waals surface area (Å²) in [7, 11) is 0. The molecule has 2 N–H and O–H groups in total. The summed E-state index contributed by atoms with van der Waals surface area (Å²) in [6.45, 7) is 3.63. The lowest BCUT2D eigenvalue weighted by Gasteiger charge is -2.07. The van der Waals surface area contributed by atoms with Gasteiger partial charge in [0.2, 0.25) is 11.8 Å². The molecule has 116 valence electrons. The highest BCUT2D eigenvalue weighted by atomic mass is 79.9. The van der Waals surface area contributed by atoms with Gasteiger partial charge in [-0.1, -0.05) is 27.7 Å². The highest BCUT2D eigenvalue weighted by Gasteiger charge is 2.32. The zero-order valence-corrected chi connectivity index (χ0v) is 14.5. The van der Waals surface area contributed by atoms with E-state index in [1.54, 1.807) is 12.1 Å². The fraction of sp³-hybridized carbons (Fsp3) is 0.286. The molecule has 1 saturated heterocycles. The number of hydrogen-bond donors (Lipinski definition) is 2. The largest absolute Gasteiger partial charge is 0.326 e. The van der Waals surface area contributed by atoms with Gasteiger partial charge in [-0.15, -0.1) is 5.10 Å². The zero-order chi connectivity index (χ0) is 16.1. The van der Waals surface area contributed by atoms with Gasteiger partial charge in [0.25, 0.3) is 0 Å². The van der Waals surface area contributed by atoms with Crippen LogP contribution in [-0.2, 0) is 9.59 Å². The van der Waals surface area contributed by atoms with Gasteiger partial charge in [-0.25, -0.2) is 0 Å². The van der Waals surface area contributed by atoms with E-state index in [9.17, 15) is 9.59 Å². The molecule has 0 spiro atoms. The first-order valence-electron chi connectivity index (χ1n) is 6.56. The zero-order valence-electron chi connectivity index (χ0n) is 12.1. The van der Waals surface area contributed by atoms with Crippen molar-refractivity contribution < 1.29 is 9.59 Å². The number of carbonyl (C=O) groups is 2. The molecule has 8 heteroatoms. The van der Waals surface area contributed by atoms with Crippen molar-refractivity contribution in [3.8, 4) is 0 Å². The fourth-order valence-electron chi connectivity index (χ4n) is 1.65. The quantitative estimate of drug-likeness (QED) is 0.620. The lowest BCUT2D eigenvalue weighted by Crippen LogP contribution is -2.28. The predicted molar refractivity (Wildman–Crippen MR) is 93.1 cm³/mol. The van der Waals surface area contributed by atoms with Crippen LogP contribution in [0.15, 0.2) is 38.9 Å². The third kappa shape index (κ3) is 4.96. The SMILES string of the molecule is CC(C)=N/N=C1\NC(=O)[C@@H](CC(=O)Nc2ccc(Br)cc2)S1. The standard InChI is InChI=1S/C14H15BrN4O2S/c1-8(2)18-19-14-17-13(21)11(22-14)7-12(20)16-10-5-3-9(15)4-6-10/h3-6,11H,7H2,1-2H3,(H,16,20)(H,17,19,21)/t11-/m1/s1. The van der Waals surface area contributed by atoms with Crippen molar-refractivity contribution in [3.63, 3.8) is 0 Å². The van der Waals surface area contributed by atoms with Crippen molar-refractivity contribution in [2.24, 2.45) is 10.2 Å². The summed E-state index contributed by atoms with van der Waals surface area (Å²) < 4.78 is 0.934. The number of carbonyl (C=O) groups excluding carboxylic acids is 2. The number of anilines is 1. The first-order chi connectivity index (χ1) is 10.4. The Hall–Kier alpha value is -1.67. The normalized spacial score (nSPS) is 19.0. The third-order valence-corrected chi connectivity index (χ3v) is 4.22. The molecule has 0 bridgehead atoms. The van der Waals surface area contributed by atoms with Crippen molar-refractivity contribution in [2.45, 2.75) is 25.5 Å². The van der Waals surface area contributed by atoms with Crippen molar-refractivity contribution in [1.29, 1.82) is 0 Å². The Bertz CT molecular complexity index is 639. The second-order valence-electron chi connectivity index (χ2n) is 4.81. The van der Waals surface area contributed by atoms with Gasteiger partial charge < -0.3 is 10.6 Å². The molecule has 1 atom stereocenters. The Morgan fingerprint density at radius 3 is 2.68 bits per heavy atom. The number of nitrogens with one attached hydrogen (secondary N) is 2. The van der Waals surface area contributed by atoms with Crippen LogP contribution < -0.4 is 10.6 Å². The Labute approximate surface area is 141 Å². The maximum Gasteiger partial charge on any atom is 0.240 e. The number of amides is 2. The summed E-state index contributed by atoms with van der Waals surface area (Å²) in [5.74, 6) is -0.440. The molecule has 2 amide bonds. The van der Waals surface area contributed by atoms with Crippen LogP contribution in [0.3, 0.4) is 0 Å². The summed E-state index contributed by atoms with van der Waals surface area (Å²) in [5.41, 5.74) is 1.48. The Kier molecular flexibility index (Phi) is 5.73. The molecular formula is C14H15BrN4O2S. The van der Waals surface area contributed by atoms with Crippen LogP contribution in [0.2, 0.25) is 0 Å². The molecule has 6 nitrogen and oxygen atoms in total. The minimum absolute atomic E-state index is 0.0837. The first kappa shape index (κ1) is 16.7. The van der Waals surface area contributed by atoms with Gasteiger partial charge >= 0.3 is 0 Å². The molecule has 1 aliphatic heterocycles. The Morgan fingerprint density at radius 1 is 1.36 bits per heavy atom. The number of nitrogens with zero attached hydrogens (tertiary/aromatic N) is 2. The minimum atomic E-state index is -0.485. The highest BCUT2D eigenvalue weighted by Crippen LogP contribution is 2.23. The van der Waals surface area contributed by atoms with Crippen molar-refractivity contribution in [3.05, 3.63) is 28.7 Å². The average molecular weight is 383 g/mol. The van der Waals surface area contributed by atoms with E-state index in [1.165, 1.54) is 11.8 Å². The van der Waals surface area contributed by atoms with Gasteiger partial charge in [-0.05, 0) is 38.1 Å². The molecule has 0 saturated carbocycles. The summed E-state index contributed by atoms with van der Waals surface area (Å²) >= 11 is 4.55. The van der Waals surface area contributed by atoms with Crippen LogP contribution in [0.4, 0.5) is 5.69 Å². The second kappa shape index (κ2) is 7.55. The number of halogens is 1. The summed E-state index contributed by atoms with van der Waals surface area (Å²) in [4.78, 5) is 23.8. The van der Waals surface area contributed by atoms with E-state index in [1.807, 2.05) is 26.0 Å². The van der Waals surface area contributed by atoms with Crippen LogP contribution in [0, 0.1) is 0 Å². The smallest absolute Gasteiger partial charge is 0.240 e. The monoisotopic (exact) mass is 382 g/mol. The van der Waals surface area contributed by atoms with Crippen molar-refractivity contribution in [1.82, 2.24) is 5.32 Å². The van der Waals surface area contributed by atoms with E-state index in [0.717, 1.165) is 10.2 Å². The number of rotatable bonds is 4. The van der Waals surface area contributed by atoms with Gasteiger partial charge in [0, 0.05) is 22.3 Å². The van der Waals surface area contributed by atoms with Crippen LogP contribution in [0.25, 0.3) is 0 Å². The molecule has 0 aromatic heterocycles. The maximum absolute atomic E-state index is 12.0. The summed E-state index contributed by atoms with van der Waals surface area (Å²) in [6.07, 6.45) is 0.0837. The molecule has 22 heavy (non-hydrogen) atoms. The Morgan fingerprint density at radius 2 is 2.05 bits per heavy atom. The Balaban J connectivity index is 1.92. The molecule has 0 unspecified atom stereocenters. The molecule has 1 aromatic rings. The molecule has 2 rings (SSSR count). The van der Waals surface area contributed by atoms with E-state index in [-0.39, 0.29) is 18.2 Å². The maximum atomic E-state index is 12.0. The molecule has 1 aromatic carbocycles. The lowest BCUT2D eigenvalue weighted by molar-refractivity contribution is -0.122. The summed E-state index contributed by atoms with van der Waals surface area (Å²) in [5, 5.41) is 13.1. The molecular weight excluding hydrogens is 368 g/mol. The molecule has 1 heterocycles. The van der Waals surface area contributed by atoms with E-state index in [4.69, 9.17) is 0 Å². The topological polar surface area (TPSA) is 82.9 Å². The highest BCUT2D eigenvalue weighted by molar-refractivity contribution is 9.10. The second-order valence-corrected chi connectivity index (χ2v) is 6.91. The molecule has 0 radical (unpaired) electrons. The van der Waals surface area contributed by atoms with E-state index in [0.29, 0.717) is 10.9 Å². The van der Waals surface area contributed by atoms with Gasteiger partial charge in [0.1, 0.15) is 5.25 Å². The van der Waals surface area contributed by atoms with Gasteiger partial charge in [0.15, 0.2) is 5.17 Å². The van der Waals surface area contributed by atoms with E-state index < -0.39 is 5.25 Å². The van der Waals surface area contributed by atoms with Gasteiger partial charge in [-0.3, -0.25) is 9.59 Å². The van der Waals surface area contributed by atoms with Crippen LogP contribution in [0.1, 0.15) is 20.3 Å². The summed E-state index contributed by atoms with van der Waals surface area (Å²) in [6, 6.07) is 7.25. The van der Waals surface area contributed by atoms with Crippen LogP contribution in [-0.4, -0.2) is 27.9 Å². The number of hydrogen-bond acceptors (Lipinski definition) is 5. The minimum Gasteiger partial charge on any atom is -0.326 e. The predicted octanol–water partition coefficient (Wildman–Crippen LogP) is 2.76. The van der Waals surface area contributed by atoms with Crippen LogP contribution in [0.5, 0.6) is 0 Å². The lowest BCUT2D eigenvalue weighted by atomic mass is 10.2. The number of amidine groups is 1. The molecule has 1 aliphatic rings. The van der Waals surface area contributed by atoms with E-state index >= 15 is 0 Å². The van der Waals surface area contributed by atoms with Gasteiger partial charge in [-0.2, -0.15) is 5.10 Å². The third-order valence-electron chi connectivity index (χ3n) is 2.62. The number of benzene rings is 1. The van der Waals surface area contributed by atoms with E-state index in [2.05, 4.69) is 36.8 Å². The van der Waals surface area contributed by atoms with Crippen molar-refractivity contribution >= 4 is 56.1 Å². The molecule has 0 aliphatic carbocycles. The molecule has 1 fully saturated rings. The average Bonchev–Trinajstić information content (AvgIpc) is 2.79. The fourth-order valence-corrected chi connectivity index (χ4v) is 2.83. The first-order valence-corrected chi connectivity index (χ1v) is 8.23. The van der Waals surface area contributed by atoms with Crippen LogP contribution >= 0.6 is 27.7 Å². The van der Waals surface area contributed by atoms with Gasteiger partial charge in [0.05, 0.1) is 0 Å².